The molecule has 1 amide bonds. The molecule has 0 spiro atoms. The molecule has 1 heterocycles. The van der Waals surface area contributed by atoms with Gasteiger partial charge in [0.05, 0.1) is 32.3 Å². The number of morpholine rings is 1. The van der Waals surface area contributed by atoms with Crippen molar-refractivity contribution in [3.8, 4) is 11.5 Å². The van der Waals surface area contributed by atoms with Gasteiger partial charge in [-0.15, -0.1) is 0 Å². The average molecular weight is 420 g/mol. The molecule has 1 fully saturated rings. The molecular weight excluding hydrogens is 396 g/mol. The first-order chi connectivity index (χ1) is 13.9. The first-order valence-electron chi connectivity index (χ1n) is 9.12. The van der Waals surface area contributed by atoms with E-state index in [0.717, 1.165) is 5.56 Å². The van der Waals surface area contributed by atoms with Crippen LogP contribution in [-0.2, 0) is 21.3 Å². The highest BCUT2D eigenvalue weighted by Crippen LogP contribution is 2.23. The van der Waals surface area contributed by atoms with Crippen LogP contribution in [0.5, 0.6) is 11.5 Å². The summed E-state index contributed by atoms with van der Waals surface area (Å²) in [7, 11) is -0.557. The van der Waals surface area contributed by atoms with Crippen LogP contribution < -0.4 is 14.8 Å². The maximum atomic E-state index is 12.8. The monoisotopic (exact) mass is 420 g/mol. The van der Waals surface area contributed by atoms with Gasteiger partial charge in [0.15, 0.2) is 0 Å². The first kappa shape index (κ1) is 21.1. The summed E-state index contributed by atoms with van der Waals surface area (Å²) in [4.78, 5) is 12.7. The molecule has 29 heavy (non-hydrogen) atoms. The Morgan fingerprint density at radius 3 is 2.34 bits per heavy atom. The number of ether oxygens (including phenoxy) is 3. The van der Waals surface area contributed by atoms with Crippen molar-refractivity contribution >= 4 is 15.9 Å². The fourth-order valence-electron chi connectivity index (χ4n) is 2.99. The van der Waals surface area contributed by atoms with Gasteiger partial charge in [0.1, 0.15) is 11.5 Å². The lowest BCUT2D eigenvalue weighted by atomic mass is 10.1. The van der Waals surface area contributed by atoms with Gasteiger partial charge in [-0.25, -0.2) is 8.42 Å². The Kier molecular flexibility index (Phi) is 6.73. The minimum Gasteiger partial charge on any atom is -0.497 e. The second kappa shape index (κ2) is 9.25. The lowest BCUT2D eigenvalue weighted by molar-refractivity contribution is 0.0730. The van der Waals surface area contributed by atoms with Crippen LogP contribution in [0.2, 0.25) is 0 Å². The lowest BCUT2D eigenvalue weighted by Crippen LogP contribution is -2.40. The molecule has 0 atom stereocenters. The highest BCUT2D eigenvalue weighted by atomic mass is 32.2. The van der Waals surface area contributed by atoms with Crippen molar-refractivity contribution in [2.45, 2.75) is 11.4 Å². The summed E-state index contributed by atoms with van der Waals surface area (Å²) in [6, 6.07) is 11.4. The Bertz CT molecular complexity index is 948. The van der Waals surface area contributed by atoms with Gasteiger partial charge in [-0.1, -0.05) is 6.07 Å². The molecule has 0 unspecified atom stereocenters. The summed E-state index contributed by atoms with van der Waals surface area (Å²) in [6.45, 7) is 1.58. The number of carbonyl (C=O) groups is 1. The van der Waals surface area contributed by atoms with Gasteiger partial charge in [0, 0.05) is 31.3 Å². The Balaban J connectivity index is 1.73. The first-order valence-corrected chi connectivity index (χ1v) is 10.6. The van der Waals surface area contributed by atoms with E-state index in [1.807, 2.05) is 0 Å². The van der Waals surface area contributed by atoms with Crippen LogP contribution in [0.15, 0.2) is 47.4 Å². The van der Waals surface area contributed by atoms with Crippen LogP contribution >= 0.6 is 0 Å². The van der Waals surface area contributed by atoms with Gasteiger partial charge < -0.3 is 19.5 Å². The van der Waals surface area contributed by atoms with Crippen LogP contribution in [0, 0.1) is 0 Å². The third-order valence-corrected chi connectivity index (χ3v) is 6.46. The van der Waals surface area contributed by atoms with E-state index in [2.05, 4.69) is 5.32 Å². The van der Waals surface area contributed by atoms with Gasteiger partial charge in [0.2, 0.25) is 10.0 Å². The highest BCUT2D eigenvalue weighted by Gasteiger charge is 2.26. The van der Waals surface area contributed by atoms with Gasteiger partial charge in [-0.05, 0) is 35.9 Å². The van der Waals surface area contributed by atoms with Crippen LogP contribution in [0.1, 0.15) is 15.9 Å². The molecule has 0 aliphatic carbocycles. The number of carbonyl (C=O) groups excluding carboxylic acids is 1. The molecule has 0 radical (unpaired) electrons. The Hall–Kier alpha value is -2.62. The smallest absolute Gasteiger partial charge is 0.251 e. The van der Waals surface area contributed by atoms with E-state index in [1.165, 1.54) is 16.4 Å². The van der Waals surface area contributed by atoms with Gasteiger partial charge in [0.25, 0.3) is 5.91 Å². The minimum atomic E-state index is -3.66. The maximum absolute atomic E-state index is 12.8. The average Bonchev–Trinajstić information content (AvgIpc) is 2.77. The quantitative estimate of drug-likeness (QED) is 0.732. The zero-order chi connectivity index (χ0) is 20.9. The molecule has 8 nitrogen and oxygen atoms in total. The third-order valence-electron chi connectivity index (χ3n) is 4.57. The molecule has 1 aliphatic rings. The van der Waals surface area contributed by atoms with Crippen molar-refractivity contribution < 1.29 is 27.4 Å². The SMILES string of the molecule is COc1cc(CNC(=O)c2cccc(S(=O)(=O)N3CCOCC3)c2)cc(OC)c1. The molecule has 0 aromatic heterocycles. The molecule has 2 aromatic carbocycles. The van der Waals surface area contributed by atoms with Gasteiger partial charge in [-0.3, -0.25) is 4.79 Å². The number of hydrogen-bond donors (Lipinski definition) is 1. The van der Waals surface area contributed by atoms with Crippen molar-refractivity contribution in [2.75, 3.05) is 40.5 Å². The summed E-state index contributed by atoms with van der Waals surface area (Å²) >= 11 is 0. The predicted molar refractivity (Wildman–Crippen MR) is 107 cm³/mol. The van der Waals surface area contributed by atoms with E-state index >= 15 is 0 Å². The largest absolute Gasteiger partial charge is 0.497 e. The van der Waals surface area contributed by atoms with Crippen LogP contribution in [0.3, 0.4) is 0 Å². The molecule has 3 rings (SSSR count). The normalized spacial score (nSPS) is 15.0. The molecule has 1 aliphatic heterocycles. The van der Waals surface area contributed by atoms with Crippen molar-refractivity contribution in [3.05, 3.63) is 53.6 Å². The van der Waals surface area contributed by atoms with E-state index in [-0.39, 0.29) is 22.9 Å². The standard InChI is InChI=1S/C20H24N2O6S/c1-26-17-10-15(11-18(13-17)27-2)14-21-20(23)16-4-3-5-19(12-16)29(24,25)22-6-8-28-9-7-22/h3-5,10-13H,6-9,14H2,1-2H3,(H,21,23). The second-order valence-corrected chi connectivity index (χ2v) is 8.39. The Morgan fingerprint density at radius 1 is 1.07 bits per heavy atom. The van der Waals surface area contributed by atoms with Crippen LogP contribution in [0.25, 0.3) is 0 Å². The number of amides is 1. The van der Waals surface area contributed by atoms with Crippen molar-refractivity contribution in [1.82, 2.24) is 9.62 Å². The summed E-state index contributed by atoms with van der Waals surface area (Å²) in [5.41, 5.74) is 1.07. The van der Waals surface area contributed by atoms with E-state index in [4.69, 9.17) is 14.2 Å². The molecule has 0 saturated carbocycles. The Labute approximate surface area is 170 Å². The van der Waals surface area contributed by atoms with E-state index in [9.17, 15) is 13.2 Å². The van der Waals surface area contributed by atoms with Crippen molar-refractivity contribution in [3.63, 3.8) is 0 Å². The maximum Gasteiger partial charge on any atom is 0.251 e. The molecule has 9 heteroatoms. The van der Waals surface area contributed by atoms with Gasteiger partial charge in [-0.2, -0.15) is 4.31 Å². The second-order valence-electron chi connectivity index (χ2n) is 6.45. The molecule has 1 N–H and O–H groups in total. The fraction of sp³-hybridized carbons (Fsp3) is 0.350. The number of rotatable bonds is 7. The summed E-state index contributed by atoms with van der Waals surface area (Å²) in [5, 5.41) is 2.80. The predicted octanol–water partition coefficient (Wildman–Crippen LogP) is 1.65. The molecule has 2 aromatic rings. The summed E-state index contributed by atoms with van der Waals surface area (Å²) in [5.74, 6) is 0.866. The topological polar surface area (TPSA) is 94.2 Å². The van der Waals surface area contributed by atoms with E-state index in [1.54, 1.807) is 44.6 Å². The molecule has 1 saturated heterocycles. The van der Waals surface area contributed by atoms with Crippen molar-refractivity contribution in [1.29, 1.82) is 0 Å². The number of sulfonamides is 1. The van der Waals surface area contributed by atoms with Crippen molar-refractivity contribution in [2.24, 2.45) is 0 Å². The number of hydrogen-bond acceptors (Lipinski definition) is 6. The van der Waals surface area contributed by atoms with E-state index in [0.29, 0.717) is 37.8 Å². The zero-order valence-corrected chi connectivity index (χ0v) is 17.2. The Morgan fingerprint density at radius 2 is 1.72 bits per heavy atom. The number of benzene rings is 2. The number of nitrogens with one attached hydrogen (secondary N) is 1. The zero-order valence-electron chi connectivity index (χ0n) is 16.4. The van der Waals surface area contributed by atoms with E-state index < -0.39 is 10.0 Å². The fourth-order valence-corrected chi connectivity index (χ4v) is 4.44. The molecule has 0 bridgehead atoms. The summed E-state index contributed by atoms with van der Waals surface area (Å²) < 4.78 is 42.6. The molecule has 156 valence electrons. The van der Waals surface area contributed by atoms with Crippen LogP contribution in [0.4, 0.5) is 0 Å². The third kappa shape index (κ3) is 5.06. The van der Waals surface area contributed by atoms with Crippen LogP contribution in [-0.4, -0.2) is 59.2 Å². The number of nitrogens with zero attached hydrogens (tertiary/aromatic N) is 1. The lowest BCUT2D eigenvalue weighted by Gasteiger charge is -2.26. The minimum absolute atomic E-state index is 0.0927. The summed E-state index contributed by atoms with van der Waals surface area (Å²) in [6.07, 6.45) is 0. The highest BCUT2D eigenvalue weighted by molar-refractivity contribution is 7.89. The van der Waals surface area contributed by atoms with Gasteiger partial charge >= 0.3 is 0 Å². The number of methoxy groups -OCH3 is 2. The molecular formula is C20H24N2O6S.